The van der Waals surface area contributed by atoms with E-state index in [1.54, 1.807) is 35.4 Å². The van der Waals surface area contributed by atoms with Crippen molar-refractivity contribution < 1.29 is 34.5 Å². The van der Waals surface area contributed by atoms with E-state index in [9.17, 15) is 5.11 Å². The van der Waals surface area contributed by atoms with E-state index in [1.807, 2.05) is 12.1 Å². The molecule has 5 rings (SSSR count). The molecule has 2 saturated heterocycles. The van der Waals surface area contributed by atoms with Gasteiger partial charge in [-0.05, 0) is 62.5 Å². The Kier molecular flexibility index (Phi) is 11.3. The van der Waals surface area contributed by atoms with E-state index in [-0.39, 0.29) is 6.10 Å². The minimum Gasteiger partial charge on any atom is -0.539 e. The number of carboxylic acids is 2. The summed E-state index contributed by atoms with van der Waals surface area (Å²) in [7, 11) is 1.73. The third-order valence-corrected chi connectivity index (χ3v) is 8.87. The minimum absolute atomic E-state index is 0.276. The first-order valence-corrected chi connectivity index (χ1v) is 15.6. The van der Waals surface area contributed by atoms with Crippen LogP contribution in [-0.2, 0) is 9.59 Å². The minimum atomic E-state index is -2.07. The van der Waals surface area contributed by atoms with Crippen molar-refractivity contribution in [2.24, 2.45) is 0 Å². The zero-order valence-electron chi connectivity index (χ0n) is 23.2. The van der Waals surface area contributed by atoms with Gasteiger partial charge in [0.1, 0.15) is 18.4 Å². The number of carbonyl (C=O) groups is 2. The van der Waals surface area contributed by atoms with Gasteiger partial charge in [0.2, 0.25) is 0 Å². The number of quaternary nitrogens is 1. The van der Waals surface area contributed by atoms with Crippen LogP contribution in [0.25, 0.3) is 5.57 Å². The largest absolute Gasteiger partial charge is 0.539 e. The average molecular weight is 600 g/mol. The van der Waals surface area contributed by atoms with Gasteiger partial charge >= 0.3 is 5.97 Å². The first-order chi connectivity index (χ1) is 19.9. The second kappa shape index (κ2) is 15.1. The summed E-state index contributed by atoms with van der Waals surface area (Å²) < 4.78 is 5.54. The molecule has 2 fully saturated rings. The molecule has 1 atom stereocenters. The topological polar surface area (TPSA) is 118 Å². The van der Waals surface area contributed by atoms with E-state index in [0.29, 0.717) is 0 Å². The maximum atomic E-state index is 10.9. The predicted octanol–water partition coefficient (Wildman–Crippen LogP) is 1.30. The molecule has 4 heterocycles. The van der Waals surface area contributed by atoms with Gasteiger partial charge in [-0.25, -0.2) is 4.79 Å². The quantitative estimate of drug-likeness (QED) is 0.332. The lowest BCUT2D eigenvalue weighted by atomic mass is 9.91. The molecule has 0 aliphatic carbocycles. The highest BCUT2D eigenvalue weighted by molar-refractivity contribution is 7.08. The van der Waals surface area contributed by atoms with Gasteiger partial charge in [-0.15, -0.1) is 0 Å². The van der Waals surface area contributed by atoms with Crippen molar-refractivity contribution >= 4 is 45.9 Å². The van der Waals surface area contributed by atoms with E-state index in [2.05, 4.69) is 55.6 Å². The van der Waals surface area contributed by atoms with Crippen LogP contribution in [0.1, 0.15) is 24.0 Å². The molecule has 41 heavy (non-hydrogen) atoms. The Morgan fingerprint density at radius 1 is 1.00 bits per heavy atom. The second-order valence-electron chi connectivity index (χ2n) is 10.2. The molecule has 11 heteroatoms. The van der Waals surface area contributed by atoms with Crippen LogP contribution in [0.4, 0.5) is 5.69 Å². The van der Waals surface area contributed by atoms with E-state index in [0.717, 1.165) is 70.9 Å². The predicted molar refractivity (Wildman–Crippen MR) is 160 cm³/mol. The summed E-state index contributed by atoms with van der Waals surface area (Å²) in [6.07, 6.45) is 1.95. The number of piperazine rings is 1. The van der Waals surface area contributed by atoms with Crippen LogP contribution < -0.4 is 19.6 Å². The molecular formula is C30H37N3O6S2. The van der Waals surface area contributed by atoms with Crippen molar-refractivity contribution in [2.45, 2.75) is 18.9 Å². The monoisotopic (exact) mass is 599 g/mol. The van der Waals surface area contributed by atoms with Crippen LogP contribution in [0, 0.1) is 0 Å². The number of thiophene rings is 2. The van der Waals surface area contributed by atoms with Crippen LogP contribution >= 0.6 is 22.7 Å². The number of β-amino-alcohol motifs (C(OH)–C–C–N with tert-alkyl or cyclic N) is 1. The third-order valence-electron chi connectivity index (χ3n) is 7.50. The number of nitrogens with zero attached hydrogens (tertiary/aromatic N) is 2. The first-order valence-electron chi connectivity index (χ1n) is 13.7. The lowest BCUT2D eigenvalue weighted by molar-refractivity contribution is -0.905. The standard InChI is InChI=1S/C28H35N3O2S2.C2H2O4/c1-33-27-5-3-2-4-26(27)31-14-12-30(13-15-31)19-25(32)18-29-10-6-22(7-11-29)28(23-8-16-34-20-23)24-9-17-35-21-24;3-1(4)2(5)6/h2-5,8-9,16-17,20-21,25,32H,6-7,10-15,18-19H2,1H3;(H,3,4)(H,5,6). The number of rotatable bonds is 8. The van der Waals surface area contributed by atoms with Gasteiger partial charge in [0, 0.05) is 45.6 Å². The molecule has 1 aromatic carbocycles. The number of nitrogens with one attached hydrogen (secondary N) is 1. The van der Waals surface area contributed by atoms with Crippen LogP contribution in [0.5, 0.6) is 5.75 Å². The van der Waals surface area contributed by atoms with Crippen molar-refractivity contribution in [3.63, 3.8) is 0 Å². The fourth-order valence-corrected chi connectivity index (χ4v) is 6.80. The van der Waals surface area contributed by atoms with Gasteiger partial charge in [-0.3, -0.25) is 4.90 Å². The maximum Gasteiger partial charge on any atom is 0.351 e. The maximum absolute atomic E-state index is 10.9. The number of para-hydroxylation sites is 2. The van der Waals surface area contributed by atoms with Crippen molar-refractivity contribution in [3.8, 4) is 5.75 Å². The molecule has 0 amide bonds. The molecule has 220 valence electrons. The Balaban J connectivity index is 0.000000585. The number of hydrogen-bond acceptors (Lipinski definition) is 9. The zero-order chi connectivity index (χ0) is 29.2. The van der Waals surface area contributed by atoms with Gasteiger partial charge in [0.15, 0.2) is 5.97 Å². The van der Waals surface area contributed by atoms with Crippen molar-refractivity contribution in [2.75, 3.05) is 64.4 Å². The first kappa shape index (κ1) is 30.7. The summed E-state index contributed by atoms with van der Waals surface area (Å²) in [6.45, 7) is 7.69. The zero-order valence-corrected chi connectivity index (χ0v) is 24.8. The summed E-state index contributed by atoms with van der Waals surface area (Å²) in [4.78, 5) is 24.4. The molecule has 3 N–H and O–H groups in total. The molecule has 2 aromatic heterocycles. The number of aliphatic hydroxyl groups excluding tert-OH is 1. The molecule has 2 aliphatic heterocycles. The molecule has 3 aromatic rings. The van der Waals surface area contributed by atoms with E-state index < -0.39 is 11.9 Å². The molecular weight excluding hydrogens is 562 g/mol. The number of aliphatic carboxylic acids is 2. The molecule has 0 bridgehead atoms. The van der Waals surface area contributed by atoms with E-state index >= 15 is 0 Å². The Bertz CT molecular complexity index is 1230. The van der Waals surface area contributed by atoms with E-state index in [4.69, 9.17) is 24.5 Å². The lowest BCUT2D eigenvalue weighted by Gasteiger charge is -2.37. The SMILES string of the molecule is COc1ccccc1N1CCN(CC(O)C[NH+]2CCC(=C(c3ccsc3)c3ccsc3)CC2)CC1.O=C([O-])C(=O)O. The number of likely N-dealkylation sites (tertiary alicyclic amines) is 1. The molecule has 9 nitrogen and oxygen atoms in total. The van der Waals surface area contributed by atoms with E-state index in [1.165, 1.54) is 27.3 Å². The smallest absolute Gasteiger partial charge is 0.351 e. The summed E-state index contributed by atoms with van der Waals surface area (Å²) >= 11 is 3.54. The number of anilines is 1. The normalized spacial score (nSPS) is 18.2. The number of benzene rings is 1. The number of hydrogen-bond donors (Lipinski definition) is 3. The number of carbonyl (C=O) groups excluding carboxylic acids is 1. The number of methoxy groups -OCH3 is 1. The van der Waals surface area contributed by atoms with Gasteiger partial charge in [0.25, 0.3) is 0 Å². The third kappa shape index (κ3) is 8.64. The summed E-state index contributed by atoms with van der Waals surface area (Å²) in [6, 6.07) is 12.7. The molecule has 0 spiro atoms. The Morgan fingerprint density at radius 3 is 2.10 bits per heavy atom. The lowest BCUT2D eigenvalue weighted by Crippen LogP contribution is -3.14. The van der Waals surface area contributed by atoms with Crippen LogP contribution in [-0.4, -0.2) is 92.6 Å². The van der Waals surface area contributed by atoms with Gasteiger partial charge in [0.05, 0.1) is 25.9 Å². The fourth-order valence-electron chi connectivity index (χ4n) is 5.51. The van der Waals surface area contributed by atoms with Crippen LogP contribution in [0.15, 0.2) is 63.5 Å². The van der Waals surface area contributed by atoms with Gasteiger partial charge in [-0.2, -0.15) is 22.7 Å². The Hall–Kier alpha value is -3.22. The fraction of sp³-hybridized carbons (Fsp3) is 0.400. The summed E-state index contributed by atoms with van der Waals surface area (Å²) in [5.74, 6) is -3.07. The average Bonchev–Trinajstić information content (AvgIpc) is 3.71. The number of aliphatic hydroxyl groups is 1. The highest BCUT2D eigenvalue weighted by atomic mass is 32.1. The molecule has 2 aliphatic rings. The summed E-state index contributed by atoms with van der Waals surface area (Å²) in [5, 5.41) is 36.1. The molecule has 0 saturated carbocycles. The Morgan fingerprint density at radius 2 is 1.59 bits per heavy atom. The second-order valence-corrected chi connectivity index (χ2v) is 11.7. The van der Waals surface area contributed by atoms with Gasteiger partial charge in [-0.1, -0.05) is 17.7 Å². The number of piperidine rings is 1. The number of carboxylic acid groups (broad SMARTS) is 2. The van der Waals surface area contributed by atoms with Crippen molar-refractivity contribution in [3.05, 3.63) is 74.6 Å². The van der Waals surface area contributed by atoms with Crippen LogP contribution in [0.2, 0.25) is 0 Å². The van der Waals surface area contributed by atoms with Crippen LogP contribution in [0.3, 0.4) is 0 Å². The highest BCUT2D eigenvalue weighted by Crippen LogP contribution is 2.33. The summed E-state index contributed by atoms with van der Waals surface area (Å²) in [5.41, 5.74) is 6.91. The van der Waals surface area contributed by atoms with Crippen molar-refractivity contribution in [1.82, 2.24) is 4.90 Å². The highest BCUT2D eigenvalue weighted by Gasteiger charge is 2.26. The Labute approximate surface area is 248 Å². The van der Waals surface area contributed by atoms with Gasteiger partial charge < -0.3 is 34.7 Å². The molecule has 1 unspecified atom stereocenters. The van der Waals surface area contributed by atoms with Crippen molar-refractivity contribution in [1.29, 1.82) is 0 Å². The number of ether oxygens (including phenoxy) is 1. The molecule has 0 radical (unpaired) electrons.